The van der Waals surface area contributed by atoms with Gasteiger partial charge < -0.3 is 5.11 Å². The molecule has 0 spiro atoms. The Morgan fingerprint density at radius 1 is 1.26 bits per heavy atom. The second-order valence-electron chi connectivity index (χ2n) is 5.85. The molecule has 0 aliphatic carbocycles. The predicted octanol–water partition coefficient (Wildman–Crippen LogP) is 4.40. The SMILES string of the molecule is CSc1nc(O)c(C(Cc2ccc(Cl)cc2Br)=c2ccc3c(c2)C=NN=3)s1. The number of halogens is 2. The van der Waals surface area contributed by atoms with E-state index >= 15 is 0 Å². The minimum atomic E-state index is 0.0586. The third-order valence-electron chi connectivity index (χ3n) is 4.16. The van der Waals surface area contributed by atoms with Gasteiger partial charge in [0, 0.05) is 21.5 Å². The van der Waals surface area contributed by atoms with Crippen LogP contribution in [0, 0.1) is 0 Å². The van der Waals surface area contributed by atoms with Gasteiger partial charge in [-0.2, -0.15) is 15.2 Å². The maximum absolute atomic E-state index is 10.5. The van der Waals surface area contributed by atoms with Gasteiger partial charge in [-0.3, -0.25) is 0 Å². The van der Waals surface area contributed by atoms with E-state index in [4.69, 9.17) is 11.6 Å². The molecule has 1 aliphatic heterocycles. The summed E-state index contributed by atoms with van der Waals surface area (Å²) in [5, 5.41) is 21.1. The van der Waals surface area contributed by atoms with Crippen molar-refractivity contribution < 1.29 is 5.11 Å². The molecule has 1 aromatic heterocycles. The van der Waals surface area contributed by atoms with Crippen LogP contribution in [0.5, 0.6) is 5.88 Å². The fourth-order valence-electron chi connectivity index (χ4n) is 2.84. The van der Waals surface area contributed by atoms with Crippen LogP contribution in [0.1, 0.15) is 16.0 Å². The third kappa shape index (κ3) is 3.82. The fourth-order valence-corrected chi connectivity index (χ4v) is 5.18. The highest BCUT2D eigenvalue weighted by Gasteiger charge is 2.17. The van der Waals surface area contributed by atoms with Crippen molar-refractivity contribution in [1.29, 1.82) is 0 Å². The van der Waals surface area contributed by atoms with E-state index in [9.17, 15) is 5.11 Å². The van der Waals surface area contributed by atoms with Gasteiger partial charge in [-0.15, -0.1) is 11.3 Å². The summed E-state index contributed by atoms with van der Waals surface area (Å²) in [6.07, 6.45) is 4.31. The quantitative estimate of drug-likeness (QED) is 0.566. The number of benzene rings is 2. The van der Waals surface area contributed by atoms with E-state index in [0.29, 0.717) is 11.4 Å². The van der Waals surface area contributed by atoms with Gasteiger partial charge in [-0.25, -0.2) is 0 Å². The molecule has 27 heavy (non-hydrogen) atoms. The summed E-state index contributed by atoms with van der Waals surface area (Å²) in [4.78, 5) is 5.04. The van der Waals surface area contributed by atoms with E-state index in [1.54, 1.807) is 6.21 Å². The second-order valence-corrected chi connectivity index (χ2v) is 9.19. The highest BCUT2D eigenvalue weighted by atomic mass is 79.9. The van der Waals surface area contributed by atoms with E-state index < -0.39 is 0 Å². The minimum absolute atomic E-state index is 0.0586. The van der Waals surface area contributed by atoms with Crippen LogP contribution < -0.4 is 10.6 Å². The van der Waals surface area contributed by atoms with E-state index in [1.807, 2.05) is 42.7 Å². The Morgan fingerprint density at radius 2 is 2.11 bits per heavy atom. The molecule has 0 saturated heterocycles. The Hall–Kier alpha value is -1.67. The van der Waals surface area contributed by atoms with Crippen molar-refractivity contribution in [3.63, 3.8) is 0 Å². The van der Waals surface area contributed by atoms with Crippen LogP contribution >= 0.6 is 50.6 Å². The normalized spacial score (nSPS) is 13.4. The molecule has 136 valence electrons. The van der Waals surface area contributed by atoms with Crippen LogP contribution in [0.15, 0.2) is 55.4 Å². The van der Waals surface area contributed by atoms with Gasteiger partial charge in [0.15, 0.2) is 4.34 Å². The summed E-state index contributed by atoms with van der Waals surface area (Å²) in [7, 11) is 0. The van der Waals surface area contributed by atoms with Gasteiger partial charge in [0.1, 0.15) is 0 Å². The van der Waals surface area contributed by atoms with Gasteiger partial charge in [0.2, 0.25) is 5.88 Å². The van der Waals surface area contributed by atoms with Gasteiger partial charge in [0.25, 0.3) is 0 Å². The molecule has 1 aliphatic rings. The Balaban J connectivity index is 1.93. The summed E-state index contributed by atoms with van der Waals surface area (Å²) in [5.74, 6) is 0.0586. The molecule has 0 radical (unpaired) electrons. The van der Waals surface area contributed by atoms with Crippen molar-refractivity contribution >= 4 is 62.4 Å². The van der Waals surface area contributed by atoms with Crippen LogP contribution in [0.3, 0.4) is 0 Å². The van der Waals surface area contributed by atoms with Crippen molar-refractivity contribution in [3.05, 3.63) is 72.5 Å². The maximum atomic E-state index is 10.5. The number of rotatable bonds is 4. The van der Waals surface area contributed by atoms with E-state index in [-0.39, 0.29) is 5.88 Å². The summed E-state index contributed by atoms with van der Waals surface area (Å²) in [6, 6.07) is 11.7. The number of nitrogens with zero attached hydrogens (tertiary/aromatic N) is 3. The zero-order chi connectivity index (χ0) is 19.0. The highest BCUT2D eigenvalue weighted by molar-refractivity contribution is 9.10. The number of thioether (sulfide) groups is 1. The summed E-state index contributed by atoms with van der Waals surface area (Å²) >= 11 is 12.7. The predicted molar refractivity (Wildman–Crippen MR) is 116 cm³/mol. The average Bonchev–Trinajstić information content (AvgIpc) is 3.26. The van der Waals surface area contributed by atoms with Crippen molar-refractivity contribution in [2.24, 2.45) is 10.2 Å². The standard InChI is InChI=1S/C19H13BrClN3OS2/c1-26-19-23-18(25)17(27-19)14(7-11-2-4-13(21)8-15(11)20)10-3-5-16-12(6-10)9-22-24-16/h2-6,8-9,25H,7H2,1H3. The van der Waals surface area contributed by atoms with E-state index in [0.717, 1.165) is 41.0 Å². The molecule has 0 fully saturated rings. The molecule has 3 aromatic rings. The Bertz CT molecular complexity index is 1190. The van der Waals surface area contributed by atoms with Gasteiger partial charge in [-0.1, -0.05) is 51.4 Å². The first kappa shape index (κ1) is 18.7. The first-order valence-corrected chi connectivity index (χ1v) is 11.2. The van der Waals surface area contributed by atoms with E-state index in [1.165, 1.54) is 23.1 Å². The number of thiazole rings is 1. The molecule has 2 aromatic carbocycles. The molecular formula is C19H13BrClN3OS2. The molecule has 0 unspecified atom stereocenters. The van der Waals surface area contributed by atoms with Crippen LogP contribution in [0.2, 0.25) is 5.02 Å². The summed E-state index contributed by atoms with van der Waals surface area (Å²) in [6.45, 7) is 0. The Kier molecular flexibility index (Phi) is 5.36. The van der Waals surface area contributed by atoms with Crippen LogP contribution in [-0.4, -0.2) is 22.6 Å². The monoisotopic (exact) mass is 477 g/mol. The lowest BCUT2D eigenvalue weighted by molar-refractivity contribution is 0.452. The van der Waals surface area contributed by atoms with Crippen LogP contribution in [-0.2, 0) is 6.42 Å². The first-order chi connectivity index (χ1) is 13.0. The smallest absolute Gasteiger partial charge is 0.230 e. The number of fused-ring (bicyclic) bond motifs is 1. The maximum Gasteiger partial charge on any atom is 0.230 e. The number of hydrogen-bond donors (Lipinski definition) is 1. The van der Waals surface area contributed by atoms with Crippen molar-refractivity contribution in [2.75, 3.05) is 6.26 Å². The van der Waals surface area contributed by atoms with Crippen molar-refractivity contribution in [1.82, 2.24) is 4.98 Å². The van der Waals surface area contributed by atoms with Gasteiger partial charge in [-0.05, 0) is 46.9 Å². The topological polar surface area (TPSA) is 57.8 Å². The lowest BCUT2D eigenvalue weighted by Gasteiger charge is -2.09. The molecule has 0 bridgehead atoms. The largest absolute Gasteiger partial charge is 0.492 e. The van der Waals surface area contributed by atoms with Gasteiger partial charge >= 0.3 is 0 Å². The summed E-state index contributed by atoms with van der Waals surface area (Å²) in [5.41, 5.74) is 3.04. The molecule has 2 heterocycles. The molecule has 1 N–H and O–H groups in total. The lowest BCUT2D eigenvalue weighted by Crippen LogP contribution is -2.15. The Morgan fingerprint density at radius 3 is 2.85 bits per heavy atom. The van der Waals surface area contributed by atoms with Crippen molar-refractivity contribution in [3.8, 4) is 5.88 Å². The molecule has 0 saturated carbocycles. The zero-order valence-electron chi connectivity index (χ0n) is 14.1. The fraction of sp³-hybridized carbons (Fsp3) is 0.105. The Labute approximate surface area is 177 Å². The lowest BCUT2D eigenvalue weighted by atomic mass is 10.0. The third-order valence-corrected chi connectivity index (χ3v) is 7.22. The number of hydrogen-bond acceptors (Lipinski definition) is 6. The molecular weight excluding hydrogens is 466 g/mol. The minimum Gasteiger partial charge on any atom is -0.492 e. The molecule has 4 rings (SSSR count). The molecule has 0 amide bonds. The highest BCUT2D eigenvalue weighted by Crippen LogP contribution is 2.36. The summed E-state index contributed by atoms with van der Waals surface area (Å²) < 4.78 is 1.76. The zero-order valence-corrected chi connectivity index (χ0v) is 18.1. The molecule has 4 nitrogen and oxygen atoms in total. The average molecular weight is 479 g/mol. The number of aromatic hydroxyl groups is 1. The first-order valence-electron chi connectivity index (χ1n) is 7.97. The van der Waals surface area contributed by atoms with E-state index in [2.05, 4.69) is 31.1 Å². The van der Waals surface area contributed by atoms with Crippen LogP contribution in [0.4, 0.5) is 0 Å². The second kappa shape index (κ2) is 7.75. The molecule has 8 heteroatoms. The van der Waals surface area contributed by atoms with Crippen molar-refractivity contribution in [2.45, 2.75) is 10.8 Å². The van der Waals surface area contributed by atoms with Gasteiger partial charge in [0.05, 0.1) is 16.4 Å². The number of aromatic nitrogens is 1. The van der Waals surface area contributed by atoms with Crippen LogP contribution in [0.25, 0.3) is 5.57 Å². The molecule has 0 atom stereocenters.